The number of amides is 2. The normalized spacial score (nSPS) is 11.5. The molecule has 0 aliphatic rings. The van der Waals surface area contributed by atoms with Crippen LogP contribution in [-0.4, -0.2) is 17.9 Å². The molecule has 5 nitrogen and oxygen atoms in total. The van der Waals surface area contributed by atoms with Crippen molar-refractivity contribution in [1.82, 2.24) is 0 Å². The highest BCUT2D eigenvalue weighted by molar-refractivity contribution is 5.95. The van der Waals surface area contributed by atoms with Gasteiger partial charge in [0.25, 0.3) is 5.91 Å². The van der Waals surface area contributed by atoms with Crippen LogP contribution >= 0.6 is 0 Å². The summed E-state index contributed by atoms with van der Waals surface area (Å²) in [6.07, 6.45) is -0.0403. The fraction of sp³-hybridized carbons (Fsp3) is 0.263. The molecule has 0 radical (unpaired) electrons. The van der Waals surface area contributed by atoms with E-state index in [0.29, 0.717) is 23.5 Å². The van der Waals surface area contributed by atoms with Gasteiger partial charge in [-0.25, -0.2) is 0 Å². The Bertz CT molecular complexity index is 728. The Morgan fingerprint density at radius 3 is 2.33 bits per heavy atom. The Labute approximate surface area is 142 Å². The van der Waals surface area contributed by atoms with Gasteiger partial charge < -0.3 is 15.4 Å². The Morgan fingerprint density at radius 1 is 1.04 bits per heavy atom. The quantitative estimate of drug-likeness (QED) is 0.849. The second kappa shape index (κ2) is 8.15. The van der Waals surface area contributed by atoms with Crippen molar-refractivity contribution in [3.05, 3.63) is 54.1 Å². The van der Waals surface area contributed by atoms with Crippen LogP contribution in [-0.2, 0) is 9.59 Å². The third kappa shape index (κ3) is 4.84. The van der Waals surface area contributed by atoms with Crippen LogP contribution in [0.4, 0.5) is 11.4 Å². The van der Waals surface area contributed by atoms with Crippen molar-refractivity contribution in [1.29, 1.82) is 0 Å². The molecular formula is C19H22N2O3. The minimum Gasteiger partial charge on any atom is -0.480 e. The summed E-state index contributed by atoms with van der Waals surface area (Å²) in [5.41, 5.74) is 2.22. The van der Waals surface area contributed by atoms with Gasteiger partial charge >= 0.3 is 0 Å². The Morgan fingerprint density at radius 2 is 1.71 bits per heavy atom. The van der Waals surface area contributed by atoms with Crippen molar-refractivity contribution in [3.63, 3.8) is 0 Å². The fourth-order valence-corrected chi connectivity index (χ4v) is 2.26. The fourth-order valence-electron chi connectivity index (χ4n) is 2.26. The van der Waals surface area contributed by atoms with Crippen molar-refractivity contribution < 1.29 is 14.3 Å². The van der Waals surface area contributed by atoms with Gasteiger partial charge in [-0.1, -0.05) is 31.2 Å². The molecule has 0 heterocycles. The van der Waals surface area contributed by atoms with Gasteiger partial charge in [0, 0.05) is 18.3 Å². The molecular weight excluding hydrogens is 304 g/mol. The highest BCUT2D eigenvalue weighted by atomic mass is 16.5. The van der Waals surface area contributed by atoms with E-state index in [0.717, 1.165) is 5.56 Å². The molecule has 0 spiro atoms. The Hall–Kier alpha value is -2.82. The second-order valence-corrected chi connectivity index (χ2v) is 5.53. The molecule has 2 aromatic rings. The van der Waals surface area contributed by atoms with Gasteiger partial charge in [0.1, 0.15) is 5.75 Å². The zero-order valence-electron chi connectivity index (χ0n) is 14.1. The number of nitrogens with one attached hydrogen (secondary N) is 2. The van der Waals surface area contributed by atoms with Gasteiger partial charge in [0.15, 0.2) is 6.10 Å². The second-order valence-electron chi connectivity index (χ2n) is 5.53. The number of hydrogen-bond donors (Lipinski definition) is 2. The molecule has 126 valence electrons. The molecule has 2 aromatic carbocycles. The lowest BCUT2D eigenvalue weighted by molar-refractivity contribution is -0.122. The van der Waals surface area contributed by atoms with Crippen LogP contribution in [0.25, 0.3) is 0 Å². The largest absolute Gasteiger partial charge is 0.480 e. The van der Waals surface area contributed by atoms with Crippen molar-refractivity contribution >= 4 is 23.2 Å². The van der Waals surface area contributed by atoms with Crippen LogP contribution < -0.4 is 15.4 Å². The summed E-state index contributed by atoms with van der Waals surface area (Å²) in [4.78, 5) is 23.6. The zero-order chi connectivity index (χ0) is 17.5. The molecule has 2 amide bonds. The van der Waals surface area contributed by atoms with Crippen LogP contribution in [0, 0.1) is 6.92 Å². The van der Waals surface area contributed by atoms with Crippen LogP contribution in [0.2, 0.25) is 0 Å². The minimum absolute atomic E-state index is 0.159. The molecule has 0 bridgehead atoms. The first-order valence-electron chi connectivity index (χ1n) is 7.90. The first-order chi connectivity index (χ1) is 11.5. The van der Waals surface area contributed by atoms with Crippen molar-refractivity contribution in [3.8, 4) is 5.75 Å². The molecule has 2 N–H and O–H groups in total. The number of ether oxygens (including phenoxy) is 1. The van der Waals surface area contributed by atoms with E-state index >= 15 is 0 Å². The lowest BCUT2D eigenvalue weighted by Gasteiger charge is -2.18. The van der Waals surface area contributed by atoms with Gasteiger partial charge in [0.05, 0.1) is 0 Å². The lowest BCUT2D eigenvalue weighted by atomic mass is 10.2. The predicted octanol–water partition coefficient (Wildman–Crippen LogP) is 3.75. The smallest absolute Gasteiger partial charge is 0.265 e. The molecule has 24 heavy (non-hydrogen) atoms. The summed E-state index contributed by atoms with van der Waals surface area (Å²) in [7, 11) is 0. The first-order valence-corrected chi connectivity index (χ1v) is 7.90. The number of benzene rings is 2. The summed E-state index contributed by atoms with van der Waals surface area (Å²) in [6.45, 7) is 5.28. The van der Waals surface area contributed by atoms with E-state index in [-0.39, 0.29) is 11.8 Å². The maximum absolute atomic E-state index is 12.5. The van der Waals surface area contributed by atoms with Crippen LogP contribution in [0.3, 0.4) is 0 Å². The SMILES string of the molecule is CCC(Oc1ccccc1C)C(=O)Nc1cccc(NC(C)=O)c1. The maximum Gasteiger partial charge on any atom is 0.265 e. The highest BCUT2D eigenvalue weighted by Crippen LogP contribution is 2.20. The van der Waals surface area contributed by atoms with E-state index in [9.17, 15) is 9.59 Å². The topological polar surface area (TPSA) is 67.4 Å². The van der Waals surface area contributed by atoms with E-state index in [1.807, 2.05) is 38.1 Å². The highest BCUT2D eigenvalue weighted by Gasteiger charge is 2.19. The van der Waals surface area contributed by atoms with Gasteiger partial charge in [-0.2, -0.15) is 0 Å². The molecule has 0 saturated carbocycles. The lowest BCUT2D eigenvalue weighted by Crippen LogP contribution is -2.32. The Kier molecular flexibility index (Phi) is 5.95. The van der Waals surface area contributed by atoms with E-state index in [1.165, 1.54) is 6.92 Å². The van der Waals surface area contributed by atoms with E-state index in [1.54, 1.807) is 24.3 Å². The molecule has 1 atom stereocenters. The van der Waals surface area contributed by atoms with Gasteiger partial charge in [-0.3, -0.25) is 9.59 Å². The predicted molar refractivity (Wildman–Crippen MR) is 95.3 cm³/mol. The average Bonchev–Trinajstić information content (AvgIpc) is 2.53. The monoisotopic (exact) mass is 326 g/mol. The van der Waals surface area contributed by atoms with Crippen molar-refractivity contribution in [2.45, 2.75) is 33.3 Å². The molecule has 0 fully saturated rings. The van der Waals surface area contributed by atoms with Crippen LogP contribution in [0.5, 0.6) is 5.75 Å². The van der Waals surface area contributed by atoms with E-state index < -0.39 is 6.10 Å². The molecule has 0 aliphatic heterocycles. The van der Waals surface area contributed by atoms with E-state index in [2.05, 4.69) is 10.6 Å². The van der Waals surface area contributed by atoms with E-state index in [4.69, 9.17) is 4.74 Å². The first kappa shape index (κ1) is 17.5. The summed E-state index contributed by atoms with van der Waals surface area (Å²) >= 11 is 0. The van der Waals surface area contributed by atoms with Gasteiger partial charge in [-0.15, -0.1) is 0 Å². The summed E-state index contributed by atoms with van der Waals surface area (Å²) in [6, 6.07) is 14.6. The van der Waals surface area contributed by atoms with Crippen LogP contribution in [0.15, 0.2) is 48.5 Å². The maximum atomic E-state index is 12.5. The summed E-state index contributed by atoms with van der Waals surface area (Å²) in [5.74, 6) is 0.319. The number of rotatable bonds is 6. The average molecular weight is 326 g/mol. The third-order valence-electron chi connectivity index (χ3n) is 3.48. The molecule has 5 heteroatoms. The number of para-hydroxylation sites is 1. The number of aryl methyl sites for hydroxylation is 1. The standard InChI is InChI=1S/C19H22N2O3/c1-4-17(24-18-11-6-5-8-13(18)2)19(23)21-16-10-7-9-15(12-16)20-14(3)22/h5-12,17H,4H2,1-3H3,(H,20,22)(H,21,23). The number of carbonyl (C=O) groups excluding carboxylic acids is 2. The van der Waals surface area contributed by atoms with Crippen LogP contribution in [0.1, 0.15) is 25.8 Å². The third-order valence-corrected chi connectivity index (χ3v) is 3.48. The molecule has 2 rings (SSSR count). The van der Waals surface area contributed by atoms with Crippen molar-refractivity contribution in [2.24, 2.45) is 0 Å². The molecule has 0 aliphatic carbocycles. The summed E-state index contributed by atoms with van der Waals surface area (Å²) in [5, 5.41) is 5.52. The molecule has 1 unspecified atom stereocenters. The number of anilines is 2. The van der Waals surface area contributed by atoms with Crippen molar-refractivity contribution in [2.75, 3.05) is 10.6 Å². The van der Waals surface area contributed by atoms with Gasteiger partial charge in [0.2, 0.25) is 5.91 Å². The molecule has 0 aromatic heterocycles. The number of carbonyl (C=O) groups is 2. The Balaban J connectivity index is 2.07. The number of hydrogen-bond acceptors (Lipinski definition) is 3. The zero-order valence-corrected chi connectivity index (χ0v) is 14.1. The molecule has 0 saturated heterocycles. The summed E-state index contributed by atoms with van der Waals surface area (Å²) < 4.78 is 5.84. The minimum atomic E-state index is -0.587. The van der Waals surface area contributed by atoms with Gasteiger partial charge in [-0.05, 0) is 43.2 Å².